The lowest BCUT2D eigenvalue weighted by atomic mass is 9.95. The van der Waals surface area contributed by atoms with Gasteiger partial charge in [0.25, 0.3) is 0 Å². The van der Waals surface area contributed by atoms with E-state index in [1.165, 1.54) is 22.1 Å². The largest absolute Gasteiger partial charge is 0.369 e. The molecule has 1 aromatic heterocycles. The summed E-state index contributed by atoms with van der Waals surface area (Å²) in [6, 6.07) is 33.7. The van der Waals surface area contributed by atoms with Crippen molar-refractivity contribution in [3.8, 4) is 22.5 Å². The molecule has 27 heavy (non-hydrogen) atoms. The maximum atomic E-state index is 6.48. The topological polar surface area (TPSA) is 11.3 Å². The van der Waals surface area contributed by atoms with Gasteiger partial charge in [-0.15, -0.1) is 0 Å². The fourth-order valence-electron chi connectivity index (χ4n) is 3.79. The third-order valence-corrected chi connectivity index (χ3v) is 5.12. The van der Waals surface area contributed by atoms with E-state index < -0.39 is 0 Å². The van der Waals surface area contributed by atoms with Gasteiger partial charge in [-0.1, -0.05) is 66.7 Å². The molecule has 0 N–H and O–H groups in total. The summed E-state index contributed by atoms with van der Waals surface area (Å²) in [4.78, 5) is 0. The summed E-state index contributed by atoms with van der Waals surface area (Å²) in [5.74, 6) is 0.885. The lowest BCUT2D eigenvalue weighted by molar-refractivity contribution is 0.624. The van der Waals surface area contributed by atoms with Crippen molar-refractivity contribution in [3.05, 3.63) is 103 Å². The quantitative estimate of drug-likeness (QED) is 0.237. The summed E-state index contributed by atoms with van der Waals surface area (Å²) in [5, 5.41) is 3.54. The minimum absolute atomic E-state index is 0.885. The van der Waals surface area contributed by atoms with E-state index >= 15 is 0 Å². The number of hydrogen-bond donors (Lipinski definition) is 0. The molecule has 0 saturated carbocycles. The maximum Gasteiger partial charge on any atom is 0.369 e. The smallest absolute Gasteiger partial charge is 0.206 e. The molecule has 4 aromatic carbocycles. The van der Waals surface area contributed by atoms with Crippen LogP contribution in [0.25, 0.3) is 44.2 Å². The highest BCUT2D eigenvalue weighted by molar-refractivity contribution is 6.10. The molecule has 0 amide bonds. The third kappa shape index (κ3) is 2.69. The minimum Gasteiger partial charge on any atom is -0.206 e. The van der Waals surface area contributed by atoms with Crippen molar-refractivity contribution in [2.75, 3.05) is 0 Å². The van der Waals surface area contributed by atoms with Crippen LogP contribution in [0.1, 0.15) is 5.56 Å². The average Bonchev–Trinajstić information content (AvgIpc) is 2.75. The molecule has 1 heterocycles. The van der Waals surface area contributed by atoms with Crippen molar-refractivity contribution in [1.29, 1.82) is 0 Å². The zero-order valence-electron chi connectivity index (χ0n) is 15.1. The number of rotatable bonds is 2. The molecule has 0 bridgehead atoms. The van der Waals surface area contributed by atoms with E-state index in [0.717, 1.165) is 27.7 Å². The van der Waals surface area contributed by atoms with E-state index in [1.54, 1.807) is 0 Å². The van der Waals surface area contributed by atoms with Crippen molar-refractivity contribution < 1.29 is 4.42 Å². The fraction of sp³-hybridized carbons (Fsp3) is 0.0385. The Morgan fingerprint density at radius 2 is 1.15 bits per heavy atom. The van der Waals surface area contributed by atoms with Crippen molar-refractivity contribution >= 4 is 21.7 Å². The van der Waals surface area contributed by atoms with Crippen LogP contribution in [0.2, 0.25) is 0 Å². The highest BCUT2D eigenvalue weighted by Crippen LogP contribution is 2.38. The lowest BCUT2D eigenvalue weighted by Crippen LogP contribution is -1.89. The first-order chi connectivity index (χ1) is 13.3. The molecule has 0 aliphatic heterocycles. The van der Waals surface area contributed by atoms with Crippen LogP contribution in [-0.4, -0.2) is 0 Å². The van der Waals surface area contributed by atoms with Crippen LogP contribution in [0.4, 0.5) is 0 Å². The normalized spacial score (nSPS) is 11.1. The summed E-state index contributed by atoms with van der Waals surface area (Å²) in [5.41, 5.74) is 5.69. The molecule has 5 aromatic rings. The van der Waals surface area contributed by atoms with Crippen molar-refractivity contribution in [3.63, 3.8) is 0 Å². The van der Waals surface area contributed by atoms with Gasteiger partial charge in [0.05, 0.1) is 22.4 Å². The molecule has 0 aliphatic carbocycles. The van der Waals surface area contributed by atoms with E-state index in [0.29, 0.717) is 0 Å². The molecule has 0 aliphatic rings. The first-order valence-corrected chi connectivity index (χ1v) is 9.21. The second-order valence-electron chi connectivity index (χ2n) is 6.87. The molecule has 0 saturated heterocycles. The Morgan fingerprint density at radius 3 is 1.85 bits per heavy atom. The Labute approximate surface area is 158 Å². The Bertz CT molecular complexity index is 1260. The van der Waals surface area contributed by atoms with Gasteiger partial charge in [0.2, 0.25) is 0 Å². The second-order valence-corrected chi connectivity index (χ2v) is 6.87. The van der Waals surface area contributed by atoms with Crippen molar-refractivity contribution in [2.24, 2.45) is 0 Å². The molecule has 0 unspecified atom stereocenters. The van der Waals surface area contributed by atoms with E-state index in [2.05, 4.69) is 85.8 Å². The number of fused-ring (bicyclic) bond motifs is 3. The monoisotopic (exact) mass is 347 g/mol. The summed E-state index contributed by atoms with van der Waals surface area (Å²) >= 11 is 0. The fourth-order valence-corrected chi connectivity index (χ4v) is 3.79. The summed E-state index contributed by atoms with van der Waals surface area (Å²) in [6.45, 7) is 2.17. The first-order valence-electron chi connectivity index (χ1n) is 9.21. The molecule has 1 heteroatoms. The SMILES string of the molecule is Cc1cc2c(-c3ccccc3)cc(-c3ccccc3)[o+]c2c2ccccc12. The van der Waals surface area contributed by atoms with E-state index in [1.807, 2.05) is 18.2 Å². The van der Waals surface area contributed by atoms with Crippen molar-refractivity contribution in [2.45, 2.75) is 6.92 Å². The van der Waals surface area contributed by atoms with Gasteiger partial charge >= 0.3 is 11.3 Å². The molecule has 0 radical (unpaired) electrons. The molecular weight excluding hydrogens is 328 g/mol. The molecule has 128 valence electrons. The standard InChI is InChI=1S/C26H19O/c1-18-16-24-23(19-10-4-2-5-11-19)17-25(20-12-6-3-7-13-20)27-26(24)22-15-9-8-14-21(18)22/h2-17H,1H3/q+1. The number of benzene rings is 4. The summed E-state index contributed by atoms with van der Waals surface area (Å²) in [6.07, 6.45) is 0. The van der Waals surface area contributed by atoms with Gasteiger partial charge in [0, 0.05) is 5.56 Å². The van der Waals surface area contributed by atoms with Gasteiger partial charge in [-0.25, -0.2) is 4.42 Å². The van der Waals surface area contributed by atoms with Crippen LogP contribution in [0.5, 0.6) is 0 Å². The molecule has 0 fully saturated rings. The van der Waals surface area contributed by atoms with E-state index in [-0.39, 0.29) is 0 Å². The zero-order chi connectivity index (χ0) is 18.2. The van der Waals surface area contributed by atoms with Gasteiger partial charge in [0.15, 0.2) is 0 Å². The summed E-state index contributed by atoms with van der Waals surface area (Å²) < 4.78 is 6.48. The van der Waals surface area contributed by atoms with Crippen LogP contribution < -0.4 is 0 Å². The molecule has 0 atom stereocenters. The Balaban J connectivity index is 1.94. The van der Waals surface area contributed by atoms with Crippen LogP contribution in [-0.2, 0) is 0 Å². The Hall–Kier alpha value is -3.45. The second kappa shape index (κ2) is 6.37. The highest BCUT2D eigenvalue weighted by atomic mass is 16.3. The zero-order valence-corrected chi connectivity index (χ0v) is 15.1. The lowest BCUT2D eigenvalue weighted by Gasteiger charge is -2.07. The first kappa shape index (κ1) is 15.8. The third-order valence-electron chi connectivity index (χ3n) is 5.12. The van der Waals surface area contributed by atoms with Gasteiger partial charge < -0.3 is 0 Å². The van der Waals surface area contributed by atoms with Crippen LogP contribution in [0.3, 0.4) is 0 Å². The van der Waals surface area contributed by atoms with Crippen LogP contribution in [0, 0.1) is 6.92 Å². The van der Waals surface area contributed by atoms with Crippen LogP contribution >= 0.6 is 0 Å². The van der Waals surface area contributed by atoms with Gasteiger partial charge in [-0.05, 0) is 47.7 Å². The van der Waals surface area contributed by atoms with Gasteiger partial charge in [-0.2, -0.15) is 0 Å². The van der Waals surface area contributed by atoms with E-state index in [9.17, 15) is 0 Å². The predicted molar refractivity (Wildman–Crippen MR) is 114 cm³/mol. The molecule has 5 rings (SSSR count). The molecular formula is C26H19O+. The predicted octanol–water partition coefficient (Wildman–Crippen LogP) is 7.51. The van der Waals surface area contributed by atoms with Gasteiger partial charge in [-0.3, -0.25) is 0 Å². The Kier molecular flexibility index (Phi) is 3.72. The van der Waals surface area contributed by atoms with Gasteiger partial charge in [0.1, 0.15) is 0 Å². The molecule has 0 spiro atoms. The maximum absolute atomic E-state index is 6.48. The Morgan fingerprint density at radius 1 is 0.556 bits per heavy atom. The number of aryl methyl sites for hydroxylation is 1. The molecule has 1 nitrogen and oxygen atoms in total. The van der Waals surface area contributed by atoms with E-state index in [4.69, 9.17) is 4.42 Å². The summed E-state index contributed by atoms with van der Waals surface area (Å²) in [7, 11) is 0. The number of hydrogen-bond acceptors (Lipinski definition) is 0. The average molecular weight is 347 g/mol. The minimum atomic E-state index is 0.885. The van der Waals surface area contributed by atoms with Crippen LogP contribution in [0.15, 0.2) is 101 Å². The highest BCUT2D eigenvalue weighted by Gasteiger charge is 2.23. The van der Waals surface area contributed by atoms with Crippen molar-refractivity contribution in [1.82, 2.24) is 0 Å².